The van der Waals surface area contributed by atoms with E-state index in [1.807, 2.05) is 12.1 Å². The van der Waals surface area contributed by atoms with Crippen LogP contribution in [-0.2, 0) is 0 Å². The second-order valence-electron chi connectivity index (χ2n) is 3.64. The highest BCUT2D eigenvalue weighted by atomic mass is 79.9. The quantitative estimate of drug-likeness (QED) is 0.922. The third-order valence-corrected chi connectivity index (χ3v) is 2.32. The van der Waals surface area contributed by atoms with Crippen molar-refractivity contribution in [3.05, 3.63) is 28.5 Å². The van der Waals surface area contributed by atoms with Gasteiger partial charge in [0.25, 0.3) is 0 Å². The Morgan fingerprint density at radius 3 is 2.50 bits per heavy atom. The number of hydrogen-bond acceptors (Lipinski definition) is 2. The first kappa shape index (κ1) is 13.9. The zero-order chi connectivity index (χ0) is 9.84. The van der Waals surface area contributed by atoms with E-state index in [9.17, 15) is 0 Å². The van der Waals surface area contributed by atoms with E-state index < -0.39 is 0 Å². The fourth-order valence-electron chi connectivity index (χ4n) is 1.24. The van der Waals surface area contributed by atoms with E-state index in [2.05, 4.69) is 34.8 Å². The molecular weight excluding hydrogens is 263 g/mol. The first-order valence-electron chi connectivity index (χ1n) is 4.46. The summed E-state index contributed by atoms with van der Waals surface area (Å²) in [7, 11) is 0. The smallest absolute Gasteiger partial charge is 0.0571 e. The van der Waals surface area contributed by atoms with Gasteiger partial charge in [0.05, 0.1) is 5.69 Å². The summed E-state index contributed by atoms with van der Waals surface area (Å²) in [6, 6.07) is 4.01. The van der Waals surface area contributed by atoms with Gasteiger partial charge in [0.1, 0.15) is 0 Å². The molecule has 0 fully saturated rings. The standard InChI is InChI=1S/C10H15BrN2.ClH/c1-7(2)5-9(12)10-4-3-8(11)6-13-10;/h3-4,6-7,9H,5,12H2,1-2H3;1H/t9-;/m0./s1. The Bertz CT molecular complexity index is 261. The molecule has 0 radical (unpaired) electrons. The Morgan fingerprint density at radius 2 is 2.07 bits per heavy atom. The summed E-state index contributed by atoms with van der Waals surface area (Å²) in [4.78, 5) is 4.26. The highest BCUT2D eigenvalue weighted by Crippen LogP contribution is 2.18. The second kappa shape index (κ2) is 6.38. The second-order valence-corrected chi connectivity index (χ2v) is 4.55. The SMILES string of the molecule is CC(C)C[C@H](N)c1ccc(Br)cn1.Cl. The van der Waals surface area contributed by atoms with Crippen molar-refractivity contribution in [3.8, 4) is 0 Å². The number of aromatic nitrogens is 1. The van der Waals surface area contributed by atoms with Crippen LogP contribution < -0.4 is 5.73 Å². The predicted octanol–water partition coefficient (Wildman–Crippen LogP) is 3.31. The van der Waals surface area contributed by atoms with Gasteiger partial charge < -0.3 is 5.73 Å². The maximum atomic E-state index is 5.97. The first-order chi connectivity index (χ1) is 6.09. The largest absolute Gasteiger partial charge is 0.323 e. The minimum absolute atomic E-state index is 0. The zero-order valence-electron chi connectivity index (χ0n) is 8.40. The molecule has 0 saturated heterocycles. The van der Waals surface area contributed by atoms with Crippen molar-refractivity contribution in [2.75, 3.05) is 0 Å². The van der Waals surface area contributed by atoms with Gasteiger partial charge in [-0.1, -0.05) is 13.8 Å². The van der Waals surface area contributed by atoms with Crippen molar-refractivity contribution in [3.63, 3.8) is 0 Å². The van der Waals surface area contributed by atoms with E-state index in [-0.39, 0.29) is 18.4 Å². The van der Waals surface area contributed by atoms with Crippen LogP contribution in [0, 0.1) is 5.92 Å². The molecular formula is C10H16BrClN2. The lowest BCUT2D eigenvalue weighted by Crippen LogP contribution is -2.14. The van der Waals surface area contributed by atoms with Crippen LogP contribution in [-0.4, -0.2) is 4.98 Å². The topological polar surface area (TPSA) is 38.9 Å². The number of halogens is 2. The number of rotatable bonds is 3. The molecule has 0 aliphatic carbocycles. The fourth-order valence-corrected chi connectivity index (χ4v) is 1.47. The summed E-state index contributed by atoms with van der Waals surface area (Å²) >= 11 is 3.34. The molecule has 1 atom stereocenters. The Labute approximate surface area is 99.8 Å². The predicted molar refractivity (Wildman–Crippen MR) is 65.6 cm³/mol. The van der Waals surface area contributed by atoms with Gasteiger partial charge in [-0.05, 0) is 40.4 Å². The normalized spacial score (nSPS) is 12.4. The van der Waals surface area contributed by atoms with Gasteiger partial charge in [-0.2, -0.15) is 0 Å². The number of nitrogens with two attached hydrogens (primary N) is 1. The average Bonchev–Trinajstić information content (AvgIpc) is 2.04. The summed E-state index contributed by atoms with van der Waals surface area (Å²) in [5.41, 5.74) is 6.94. The number of hydrogen-bond donors (Lipinski definition) is 1. The minimum atomic E-state index is 0. The maximum Gasteiger partial charge on any atom is 0.0571 e. The summed E-state index contributed by atoms with van der Waals surface area (Å²) in [6.07, 6.45) is 2.77. The molecule has 0 bridgehead atoms. The Morgan fingerprint density at radius 1 is 1.43 bits per heavy atom. The lowest BCUT2D eigenvalue weighted by Gasteiger charge is -2.12. The molecule has 1 heterocycles. The van der Waals surface area contributed by atoms with Gasteiger partial charge in [-0.25, -0.2) is 0 Å². The summed E-state index contributed by atoms with van der Waals surface area (Å²) in [5.74, 6) is 0.612. The highest BCUT2D eigenvalue weighted by molar-refractivity contribution is 9.10. The average molecular weight is 280 g/mol. The monoisotopic (exact) mass is 278 g/mol. The molecule has 4 heteroatoms. The summed E-state index contributed by atoms with van der Waals surface area (Å²) in [5, 5.41) is 0. The third-order valence-electron chi connectivity index (χ3n) is 1.86. The van der Waals surface area contributed by atoms with Crippen molar-refractivity contribution in [2.24, 2.45) is 11.7 Å². The lowest BCUT2D eigenvalue weighted by molar-refractivity contribution is 0.502. The molecule has 0 aromatic carbocycles. The highest BCUT2D eigenvalue weighted by Gasteiger charge is 2.08. The van der Waals surface area contributed by atoms with Crippen LogP contribution in [0.1, 0.15) is 32.0 Å². The van der Waals surface area contributed by atoms with Gasteiger partial charge in [-0.3, -0.25) is 4.98 Å². The molecule has 1 rings (SSSR count). The van der Waals surface area contributed by atoms with Crippen molar-refractivity contribution in [1.82, 2.24) is 4.98 Å². The van der Waals surface area contributed by atoms with Crippen LogP contribution in [0.2, 0.25) is 0 Å². The summed E-state index contributed by atoms with van der Waals surface area (Å²) < 4.78 is 0.994. The van der Waals surface area contributed by atoms with Crippen molar-refractivity contribution in [2.45, 2.75) is 26.3 Å². The van der Waals surface area contributed by atoms with Crippen LogP contribution >= 0.6 is 28.3 Å². The molecule has 0 spiro atoms. The van der Waals surface area contributed by atoms with E-state index in [1.165, 1.54) is 0 Å². The first-order valence-corrected chi connectivity index (χ1v) is 5.26. The van der Waals surface area contributed by atoms with Crippen molar-refractivity contribution < 1.29 is 0 Å². The van der Waals surface area contributed by atoms with Crippen LogP contribution in [0.5, 0.6) is 0 Å². The van der Waals surface area contributed by atoms with E-state index in [0.717, 1.165) is 16.6 Å². The minimum Gasteiger partial charge on any atom is -0.323 e. The third kappa shape index (κ3) is 4.40. The van der Waals surface area contributed by atoms with Crippen molar-refractivity contribution >= 4 is 28.3 Å². The summed E-state index contributed by atoms with van der Waals surface area (Å²) in [6.45, 7) is 4.33. The molecule has 14 heavy (non-hydrogen) atoms. The lowest BCUT2D eigenvalue weighted by atomic mass is 10.0. The fraction of sp³-hybridized carbons (Fsp3) is 0.500. The molecule has 2 nitrogen and oxygen atoms in total. The van der Waals surface area contributed by atoms with E-state index in [1.54, 1.807) is 6.20 Å². The van der Waals surface area contributed by atoms with Gasteiger partial charge in [0, 0.05) is 16.7 Å². The molecule has 0 aliphatic rings. The number of pyridine rings is 1. The zero-order valence-corrected chi connectivity index (χ0v) is 10.8. The maximum absolute atomic E-state index is 5.97. The Hall–Kier alpha value is -0.120. The van der Waals surface area contributed by atoms with E-state index in [4.69, 9.17) is 5.73 Å². The molecule has 80 valence electrons. The molecule has 1 aromatic rings. The Balaban J connectivity index is 0.00000169. The van der Waals surface area contributed by atoms with Gasteiger partial charge in [0.2, 0.25) is 0 Å². The van der Waals surface area contributed by atoms with Crippen LogP contribution in [0.25, 0.3) is 0 Å². The van der Waals surface area contributed by atoms with E-state index in [0.29, 0.717) is 5.92 Å². The molecule has 0 aliphatic heterocycles. The van der Waals surface area contributed by atoms with Gasteiger partial charge >= 0.3 is 0 Å². The molecule has 0 saturated carbocycles. The van der Waals surface area contributed by atoms with E-state index >= 15 is 0 Å². The Kier molecular flexibility index (Phi) is 6.33. The van der Waals surface area contributed by atoms with Gasteiger partial charge in [0.15, 0.2) is 0 Å². The number of nitrogens with zero attached hydrogens (tertiary/aromatic N) is 1. The van der Waals surface area contributed by atoms with Crippen molar-refractivity contribution in [1.29, 1.82) is 0 Å². The van der Waals surface area contributed by atoms with Gasteiger partial charge in [-0.15, -0.1) is 12.4 Å². The molecule has 2 N–H and O–H groups in total. The molecule has 1 aromatic heterocycles. The van der Waals surface area contributed by atoms with Crippen LogP contribution in [0.4, 0.5) is 0 Å². The van der Waals surface area contributed by atoms with Crippen LogP contribution in [0.3, 0.4) is 0 Å². The molecule has 0 unspecified atom stereocenters. The van der Waals surface area contributed by atoms with Crippen LogP contribution in [0.15, 0.2) is 22.8 Å². The molecule has 0 amide bonds.